The number of carboxylic acids is 1. The van der Waals surface area contributed by atoms with Crippen molar-refractivity contribution in [1.82, 2.24) is 9.97 Å². The van der Waals surface area contributed by atoms with Crippen LogP contribution in [0.25, 0.3) is 22.0 Å². The van der Waals surface area contributed by atoms with Crippen LogP contribution in [0.4, 0.5) is 0 Å². The van der Waals surface area contributed by atoms with E-state index in [0.717, 1.165) is 4.88 Å². The number of nitrogens with zero attached hydrogens (tertiary/aromatic N) is 2. The van der Waals surface area contributed by atoms with Crippen LogP contribution < -0.4 is 0 Å². The van der Waals surface area contributed by atoms with Crippen molar-refractivity contribution < 1.29 is 14.3 Å². The molecule has 0 unspecified atom stereocenters. The number of halogens is 1. The summed E-state index contributed by atoms with van der Waals surface area (Å²) >= 11 is 7.16. The molecule has 1 N–H and O–H groups in total. The highest BCUT2D eigenvalue weighted by Gasteiger charge is 2.13. The molecule has 3 aromatic rings. The van der Waals surface area contributed by atoms with Crippen LogP contribution in [0.15, 0.2) is 28.7 Å². The lowest BCUT2D eigenvalue weighted by molar-refractivity contribution is 0.0691. The first-order chi connectivity index (χ1) is 8.63. The first-order valence-corrected chi connectivity index (χ1v) is 6.09. The maximum atomic E-state index is 10.8. The van der Waals surface area contributed by atoms with E-state index in [9.17, 15) is 4.79 Å². The van der Waals surface area contributed by atoms with E-state index in [1.54, 1.807) is 12.1 Å². The second-order valence-corrected chi connectivity index (χ2v) is 5.16. The zero-order chi connectivity index (χ0) is 12.7. The zero-order valence-corrected chi connectivity index (χ0v) is 10.3. The zero-order valence-electron chi connectivity index (χ0n) is 8.75. The van der Waals surface area contributed by atoms with E-state index < -0.39 is 5.97 Å². The Morgan fingerprint density at radius 2 is 2.11 bits per heavy atom. The number of carbonyl (C=O) groups is 1. The van der Waals surface area contributed by atoms with Crippen molar-refractivity contribution in [2.24, 2.45) is 0 Å². The summed E-state index contributed by atoms with van der Waals surface area (Å²) in [6, 6.07) is 6.45. The molecule has 0 aliphatic rings. The highest BCUT2D eigenvalue weighted by Crippen LogP contribution is 2.31. The molecular formula is C11H5ClN2O3S. The van der Waals surface area contributed by atoms with E-state index in [2.05, 4.69) is 9.97 Å². The molecule has 0 saturated carbocycles. The third-order valence-electron chi connectivity index (χ3n) is 2.26. The van der Waals surface area contributed by atoms with Crippen molar-refractivity contribution in [3.8, 4) is 10.8 Å². The second kappa shape index (κ2) is 4.08. The lowest BCUT2D eigenvalue weighted by atomic mass is 10.3. The van der Waals surface area contributed by atoms with Crippen molar-refractivity contribution in [3.05, 3.63) is 34.3 Å². The summed E-state index contributed by atoms with van der Waals surface area (Å²) in [5.74, 6) is -0.711. The number of oxazole rings is 1. The average Bonchev–Trinajstić information content (AvgIpc) is 2.93. The van der Waals surface area contributed by atoms with Gasteiger partial charge in [0.15, 0.2) is 16.9 Å². The molecule has 0 fully saturated rings. The molecule has 0 saturated heterocycles. The molecule has 5 nitrogen and oxygen atoms in total. The van der Waals surface area contributed by atoms with Gasteiger partial charge in [-0.3, -0.25) is 0 Å². The Hall–Kier alpha value is -1.92. The molecule has 0 bridgehead atoms. The van der Waals surface area contributed by atoms with Crippen LogP contribution >= 0.6 is 22.9 Å². The van der Waals surface area contributed by atoms with Gasteiger partial charge < -0.3 is 9.52 Å². The molecule has 0 amide bonds. The van der Waals surface area contributed by atoms with Crippen LogP contribution in [0.2, 0.25) is 4.34 Å². The molecular weight excluding hydrogens is 276 g/mol. The Kier molecular flexibility index (Phi) is 2.53. The second-order valence-electron chi connectivity index (χ2n) is 3.45. The minimum absolute atomic E-state index is 0.0634. The molecule has 0 spiro atoms. The number of aromatic nitrogens is 2. The van der Waals surface area contributed by atoms with Gasteiger partial charge >= 0.3 is 5.97 Å². The minimum atomic E-state index is -1.10. The van der Waals surface area contributed by atoms with Crippen molar-refractivity contribution in [2.45, 2.75) is 0 Å². The predicted molar refractivity (Wildman–Crippen MR) is 67.1 cm³/mol. The maximum Gasteiger partial charge on any atom is 0.354 e. The van der Waals surface area contributed by atoms with Crippen molar-refractivity contribution >= 4 is 40.1 Å². The topological polar surface area (TPSA) is 76.2 Å². The maximum absolute atomic E-state index is 10.8. The first-order valence-electron chi connectivity index (χ1n) is 4.90. The van der Waals surface area contributed by atoms with E-state index in [-0.39, 0.29) is 11.3 Å². The molecule has 0 aliphatic carbocycles. The Morgan fingerprint density at radius 1 is 1.28 bits per heavy atom. The van der Waals surface area contributed by atoms with Crippen LogP contribution in [0.5, 0.6) is 0 Å². The van der Waals surface area contributed by atoms with Crippen LogP contribution in [-0.2, 0) is 0 Å². The van der Waals surface area contributed by atoms with E-state index in [1.807, 2.05) is 0 Å². The fourth-order valence-electron chi connectivity index (χ4n) is 1.47. The number of pyridine rings is 1. The van der Waals surface area contributed by atoms with Crippen LogP contribution in [-0.4, -0.2) is 21.0 Å². The summed E-state index contributed by atoms with van der Waals surface area (Å²) < 4.78 is 6.12. The summed E-state index contributed by atoms with van der Waals surface area (Å²) in [6.07, 6.45) is 0. The minimum Gasteiger partial charge on any atom is -0.477 e. The molecule has 3 rings (SSSR count). The van der Waals surface area contributed by atoms with Gasteiger partial charge in [0.2, 0.25) is 5.89 Å². The Bertz CT molecular complexity index is 750. The Labute approximate surface area is 110 Å². The number of fused-ring (bicyclic) bond motifs is 1. The summed E-state index contributed by atoms with van der Waals surface area (Å²) in [4.78, 5) is 19.6. The van der Waals surface area contributed by atoms with Gasteiger partial charge in [0, 0.05) is 0 Å². The van der Waals surface area contributed by atoms with Gasteiger partial charge in [0.25, 0.3) is 0 Å². The lowest BCUT2D eigenvalue weighted by Crippen LogP contribution is -1.99. The van der Waals surface area contributed by atoms with Crippen molar-refractivity contribution in [1.29, 1.82) is 0 Å². The normalized spacial score (nSPS) is 10.9. The van der Waals surface area contributed by atoms with Gasteiger partial charge in [0.1, 0.15) is 0 Å². The number of rotatable bonds is 2. The van der Waals surface area contributed by atoms with E-state index >= 15 is 0 Å². The molecule has 7 heteroatoms. The molecule has 0 atom stereocenters. The predicted octanol–water partition coefficient (Wildman–Crippen LogP) is 3.30. The molecule has 0 aromatic carbocycles. The van der Waals surface area contributed by atoms with Crippen LogP contribution in [0.3, 0.4) is 0 Å². The van der Waals surface area contributed by atoms with Gasteiger partial charge in [0.05, 0.1) is 9.21 Å². The molecule has 3 aromatic heterocycles. The van der Waals surface area contributed by atoms with E-state index in [4.69, 9.17) is 21.1 Å². The van der Waals surface area contributed by atoms with Crippen molar-refractivity contribution in [2.75, 3.05) is 0 Å². The van der Waals surface area contributed by atoms with Gasteiger partial charge in [-0.15, -0.1) is 11.3 Å². The van der Waals surface area contributed by atoms with E-state index in [0.29, 0.717) is 15.8 Å². The van der Waals surface area contributed by atoms with Crippen molar-refractivity contribution in [3.63, 3.8) is 0 Å². The number of carboxylic acid groups (broad SMARTS) is 1. The molecule has 18 heavy (non-hydrogen) atoms. The first kappa shape index (κ1) is 11.2. The number of thiophene rings is 1. The third-order valence-corrected chi connectivity index (χ3v) is 3.48. The van der Waals surface area contributed by atoms with Gasteiger partial charge in [-0.25, -0.2) is 9.78 Å². The van der Waals surface area contributed by atoms with Gasteiger partial charge in [-0.1, -0.05) is 11.6 Å². The fourth-order valence-corrected chi connectivity index (χ4v) is 2.44. The average molecular weight is 281 g/mol. The fraction of sp³-hybridized carbons (Fsp3) is 0. The third kappa shape index (κ3) is 1.85. The summed E-state index contributed by atoms with van der Waals surface area (Å²) in [5.41, 5.74) is 0.653. The van der Waals surface area contributed by atoms with Crippen LogP contribution in [0, 0.1) is 0 Å². The van der Waals surface area contributed by atoms with E-state index in [1.165, 1.54) is 23.5 Å². The number of hydrogen-bond donors (Lipinski definition) is 1. The number of aromatic carboxylic acids is 1. The molecule has 0 aliphatic heterocycles. The highest BCUT2D eigenvalue weighted by atomic mass is 35.5. The monoisotopic (exact) mass is 280 g/mol. The van der Waals surface area contributed by atoms with Gasteiger partial charge in [-0.05, 0) is 24.3 Å². The summed E-state index contributed by atoms with van der Waals surface area (Å²) in [5, 5.41) is 8.84. The number of hydrogen-bond acceptors (Lipinski definition) is 5. The molecule has 0 radical (unpaired) electrons. The standard InChI is InChI=1S/C11H5ClN2O3S/c12-8-4-3-7(18-8)10-14-9-6(17-10)2-1-5(13-9)11(15)16/h1-4H,(H,15,16). The highest BCUT2D eigenvalue weighted by molar-refractivity contribution is 7.19. The molecule has 3 heterocycles. The van der Waals surface area contributed by atoms with Gasteiger partial charge in [-0.2, -0.15) is 4.98 Å². The summed E-state index contributed by atoms with van der Waals surface area (Å²) in [6.45, 7) is 0. The summed E-state index contributed by atoms with van der Waals surface area (Å²) in [7, 11) is 0. The lowest BCUT2D eigenvalue weighted by Gasteiger charge is -1.90. The quantitative estimate of drug-likeness (QED) is 0.779. The molecule has 90 valence electrons. The SMILES string of the molecule is O=C(O)c1ccc2oc(-c3ccc(Cl)s3)nc2n1. The van der Waals surface area contributed by atoms with Crippen LogP contribution in [0.1, 0.15) is 10.5 Å². The Morgan fingerprint density at radius 3 is 2.78 bits per heavy atom. The largest absolute Gasteiger partial charge is 0.477 e. The smallest absolute Gasteiger partial charge is 0.354 e. The Balaban J connectivity index is 2.13.